The quantitative estimate of drug-likeness (QED) is 0.789. The van der Waals surface area contributed by atoms with Gasteiger partial charge >= 0.3 is 0 Å². The molecule has 0 spiro atoms. The van der Waals surface area contributed by atoms with Gasteiger partial charge in [-0.25, -0.2) is 4.39 Å². The van der Waals surface area contributed by atoms with Crippen LogP contribution in [0.15, 0.2) is 58.6 Å². The number of nitrogens with zero attached hydrogens (tertiary/aromatic N) is 2. The fourth-order valence-electron chi connectivity index (χ4n) is 2.44. The molecular formula is C18H15ClFN3O3S. The normalized spacial score (nSPS) is 16.5. The van der Waals surface area contributed by atoms with E-state index in [0.717, 1.165) is 6.07 Å². The van der Waals surface area contributed by atoms with Gasteiger partial charge in [-0.2, -0.15) is 4.31 Å². The molecule has 27 heavy (non-hydrogen) atoms. The van der Waals surface area contributed by atoms with E-state index in [0.29, 0.717) is 22.7 Å². The van der Waals surface area contributed by atoms with Crippen LogP contribution < -0.4 is 10.1 Å². The summed E-state index contributed by atoms with van der Waals surface area (Å²) in [5.41, 5.74) is 1.40. The van der Waals surface area contributed by atoms with Crippen molar-refractivity contribution in [1.82, 2.24) is 4.31 Å². The van der Waals surface area contributed by atoms with E-state index in [1.165, 1.54) is 36.7 Å². The summed E-state index contributed by atoms with van der Waals surface area (Å²) >= 11 is 3.95. The molecule has 0 saturated carbocycles. The molecule has 9 heteroatoms. The van der Waals surface area contributed by atoms with Crippen molar-refractivity contribution in [3.63, 3.8) is 0 Å². The van der Waals surface area contributed by atoms with Crippen LogP contribution in [0.5, 0.6) is 5.75 Å². The molecule has 0 aliphatic carbocycles. The highest BCUT2D eigenvalue weighted by molar-refractivity contribution is 7.88. The number of halogens is 2. The SMILES string of the molecule is COc1ccccc1C1=N[S+]([O-])N(C)C(C(=O)Nc2ccc(F)c(Cl)c2)=C1. The largest absolute Gasteiger partial charge is 0.566 e. The molecule has 140 valence electrons. The molecule has 1 amide bonds. The number of anilines is 1. The van der Waals surface area contributed by atoms with Gasteiger partial charge in [-0.3, -0.25) is 4.79 Å². The van der Waals surface area contributed by atoms with Crippen LogP contribution in [0.3, 0.4) is 0 Å². The highest BCUT2D eigenvalue weighted by Gasteiger charge is 2.31. The molecule has 0 radical (unpaired) electrons. The van der Waals surface area contributed by atoms with Crippen LogP contribution in [0.4, 0.5) is 10.1 Å². The Morgan fingerprint density at radius 3 is 2.78 bits per heavy atom. The van der Waals surface area contributed by atoms with E-state index < -0.39 is 23.3 Å². The molecule has 1 atom stereocenters. The predicted octanol–water partition coefficient (Wildman–Crippen LogP) is 3.32. The molecule has 3 rings (SSSR count). The number of allylic oxidation sites excluding steroid dienone is 1. The Hall–Kier alpha value is -2.55. The smallest absolute Gasteiger partial charge is 0.276 e. The molecule has 0 aromatic heterocycles. The minimum absolute atomic E-state index is 0.112. The van der Waals surface area contributed by atoms with Gasteiger partial charge in [-0.1, -0.05) is 23.7 Å². The fourth-order valence-corrected chi connectivity index (χ4v) is 3.36. The third-order valence-electron chi connectivity index (χ3n) is 3.82. The van der Waals surface area contributed by atoms with E-state index in [1.807, 2.05) is 0 Å². The molecule has 1 N–H and O–H groups in total. The first-order valence-electron chi connectivity index (χ1n) is 7.76. The zero-order valence-electron chi connectivity index (χ0n) is 14.4. The van der Waals surface area contributed by atoms with Crippen molar-refractivity contribution in [2.75, 3.05) is 19.5 Å². The number of hydrogen-bond acceptors (Lipinski definition) is 5. The van der Waals surface area contributed by atoms with E-state index in [-0.39, 0.29) is 10.7 Å². The minimum Gasteiger partial charge on any atom is -0.566 e. The monoisotopic (exact) mass is 407 g/mol. The third kappa shape index (κ3) is 4.08. The van der Waals surface area contributed by atoms with E-state index in [9.17, 15) is 13.7 Å². The van der Waals surface area contributed by atoms with Crippen molar-refractivity contribution in [3.8, 4) is 5.75 Å². The number of carbonyl (C=O) groups is 1. The van der Waals surface area contributed by atoms with Crippen molar-refractivity contribution in [2.45, 2.75) is 0 Å². The Morgan fingerprint density at radius 1 is 1.33 bits per heavy atom. The second kappa shape index (κ2) is 7.99. The van der Waals surface area contributed by atoms with Crippen molar-refractivity contribution >= 4 is 40.5 Å². The summed E-state index contributed by atoms with van der Waals surface area (Å²) in [6, 6.07) is 10.9. The summed E-state index contributed by atoms with van der Waals surface area (Å²) in [5.74, 6) is -0.578. The van der Waals surface area contributed by atoms with Crippen molar-refractivity contribution in [3.05, 3.63) is 70.6 Å². The third-order valence-corrected chi connectivity index (χ3v) is 5.12. The Balaban J connectivity index is 1.92. The number of hydrogen-bond donors (Lipinski definition) is 1. The first kappa shape index (κ1) is 19.2. The lowest BCUT2D eigenvalue weighted by molar-refractivity contribution is -0.113. The molecular weight excluding hydrogens is 393 g/mol. The van der Waals surface area contributed by atoms with Gasteiger partial charge in [-0.15, -0.1) is 0 Å². The number of ether oxygens (including phenoxy) is 1. The van der Waals surface area contributed by atoms with Crippen LogP contribution in [-0.4, -0.2) is 34.6 Å². The zero-order chi connectivity index (χ0) is 19.6. The zero-order valence-corrected chi connectivity index (χ0v) is 16.0. The van der Waals surface area contributed by atoms with Crippen LogP contribution in [0.1, 0.15) is 5.56 Å². The molecule has 6 nitrogen and oxygen atoms in total. The summed E-state index contributed by atoms with van der Waals surface area (Å²) in [5, 5.41) is 2.50. The van der Waals surface area contributed by atoms with E-state index in [1.54, 1.807) is 24.3 Å². The van der Waals surface area contributed by atoms with Crippen molar-refractivity contribution in [2.24, 2.45) is 4.40 Å². The Labute approximate surface area is 163 Å². The topological polar surface area (TPSA) is 77.0 Å². The number of rotatable bonds is 4. The van der Waals surface area contributed by atoms with Crippen molar-refractivity contribution < 1.29 is 18.5 Å². The summed E-state index contributed by atoms with van der Waals surface area (Å²) in [4.78, 5) is 12.7. The van der Waals surface area contributed by atoms with Gasteiger partial charge in [0.15, 0.2) is 5.70 Å². The molecule has 1 unspecified atom stereocenters. The molecule has 0 saturated heterocycles. The van der Waals surface area contributed by atoms with Gasteiger partial charge in [-0.05, 0) is 34.7 Å². The summed E-state index contributed by atoms with van der Waals surface area (Å²) in [7, 11) is 3.00. The van der Waals surface area contributed by atoms with Crippen LogP contribution >= 0.6 is 11.6 Å². The Bertz CT molecular complexity index is 951. The molecule has 1 aliphatic rings. The lowest BCUT2D eigenvalue weighted by Gasteiger charge is -2.23. The Morgan fingerprint density at radius 2 is 2.07 bits per heavy atom. The second-order valence-electron chi connectivity index (χ2n) is 5.52. The van der Waals surface area contributed by atoms with Gasteiger partial charge in [0.1, 0.15) is 17.3 Å². The predicted molar refractivity (Wildman–Crippen MR) is 104 cm³/mol. The van der Waals surface area contributed by atoms with Gasteiger partial charge in [0, 0.05) is 17.3 Å². The van der Waals surface area contributed by atoms with Crippen LogP contribution in [0.2, 0.25) is 5.02 Å². The molecule has 2 aromatic rings. The number of amides is 1. The highest BCUT2D eigenvalue weighted by Crippen LogP contribution is 2.26. The first-order valence-corrected chi connectivity index (χ1v) is 9.21. The molecule has 1 heterocycles. The number of benzene rings is 2. The van der Waals surface area contributed by atoms with E-state index in [4.69, 9.17) is 16.3 Å². The number of nitrogens with one attached hydrogen (secondary N) is 1. The fraction of sp³-hybridized carbons (Fsp3) is 0.111. The van der Waals surface area contributed by atoms with E-state index in [2.05, 4.69) is 9.71 Å². The lowest BCUT2D eigenvalue weighted by atomic mass is 10.1. The van der Waals surface area contributed by atoms with Gasteiger partial charge in [0.25, 0.3) is 5.91 Å². The van der Waals surface area contributed by atoms with Crippen LogP contribution in [0.25, 0.3) is 0 Å². The first-order chi connectivity index (χ1) is 12.9. The van der Waals surface area contributed by atoms with Crippen LogP contribution in [0, 0.1) is 5.82 Å². The maximum atomic E-state index is 13.3. The van der Waals surface area contributed by atoms with E-state index >= 15 is 0 Å². The number of methoxy groups -OCH3 is 1. The number of para-hydroxylation sites is 1. The second-order valence-corrected chi connectivity index (χ2v) is 7.12. The number of carbonyl (C=O) groups excluding carboxylic acids is 1. The molecule has 1 aliphatic heterocycles. The summed E-state index contributed by atoms with van der Waals surface area (Å²) in [6.45, 7) is 0. The highest BCUT2D eigenvalue weighted by atomic mass is 35.5. The minimum atomic E-state index is -1.79. The lowest BCUT2D eigenvalue weighted by Crippen LogP contribution is -2.35. The maximum Gasteiger partial charge on any atom is 0.276 e. The van der Waals surface area contributed by atoms with Gasteiger partial charge in [0.05, 0.1) is 19.2 Å². The van der Waals surface area contributed by atoms with Crippen molar-refractivity contribution in [1.29, 1.82) is 0 Å². The summed E-state index contributed by atoms with van der Waals surface area (Å²) < 4.78 is 36.3. The Kier molecular flexibility index (Phi) is 5.69. The standard InChI is InChI=1S/C18H15ClFN3O3S/c1-23-16(18(24)21-11-7-8-14(20)13(19)9-11)10-15(22-27(23)25)12-5-3-4-6-17(12)26-2/h3-10H,1-2H3,(H,21,24). The molecule has 0 fully saturated rings. The summed E-state index contributed by atoms with van der Waals surface area (Å²) in [6.07, 6.45) is 1.51. The molecule has 2 aromatic carbocycles. The van der Waals surface area contributed by atoms with Gasteiger partial charge < -0.3 is 14.6 Å². The average molecular weight is 408 g/mol. The molecule has 0 bridgehead atoms. The van der Waals surface area contributed by atoms with Crippen LogP contribution in [-0.2, 0) is 16.3 Å². The van der Waals surface area contributed by atoms with Gasteiger partial charge in [0.2, 0.25) is 11.5 Å². The maximum absolute atomic E-state index is 13.3. The number of likely N-dealkylation sites (N-methyl/N-ethyl adjacent to an activating group) is 1. The average Bonchev–Trinajstić information content (AvgIpc) is 2.66.